The summed E-state index contributed by atoms with van der Waals surface area (Å²) >= 11 is 0. The molecule has 1 aliphatic heterocycles. The molecule has 0 fully saturated rings. The summed E-state index contributed by atoms with van der Waals surface area (Å²) in [6.07, 6.45) is 0. The summed E-state index contributed by atoms with van der Waals surface area (Å²) in [7, 11) is 0. The normalized spacial score (nSPS) is 12.6. The van der Waals surface area contributed by atoms with E-state index >= 15 is 0 Å². The van der Waals surface area contributed by atoms with Gasteiger partial charge in [0.2, 0.25) is 5.91 Å². The maximum absolute atomic E-state index is 12.3. The second-order valence-electron chi connectivity index (χ2n) is 6.23. The van der Waals surface area contributed by atoms with E-state index < -0.39 is 17.7 Å². The third-order valence-electron chi connectivity index (χ3n) is 4.30. The summed E-state index contributed by atoms with van der Waals surface area (Å²) in [5.41, 5.74) is 1.19. The molecule has 0 spiro atoms. The lowest BCUT2D eigenvalue weighted by Crippen LogP contribution is -2.37. The summed E-state index contributed by atoms with van der Waals surface area (Å²) in [6.45, 7) is -0.339. The number of anilines is 1. The van der Waals surface area contributed by atoms with Crippen LogP contribution in [-0.2, 0) is 4.79 Å². The number of nitrogens with one attached hydrogen (secondary N) is 1. The quantitative estimate of drug-likeness (QED) is 0.693. The number of carbonyl (C=O) groups is 3. The molecule has 0 unspecified atom stereocenters. The molecular weight excluding hydrogens is 356 g/mol. The van der Waals surface area contributed by atoms with Crippen LogP contribution in [0.25, 0.3) is 0 Å². The third-order valence-corrected chi connectivity index (χ3v) is 4.30. The largest absolute Gasteiger partial charge is 0.457 e. The maximum Gasteiger partial charge on any atom is 0.262 e. The number of hydrogen-bond acceptors (Lipinski definition) is 4. The molecule has 6 nitrogen and oxygen atoms in total. The Morgan fingerprint density at radius 1 is 0.750 bits per heavy atom. The minimum Gasteiger partial charge on any atom is -0.457 e. The van der Waals surface area contributed by atoms with Crippen LogP contribution in [0.3, 0.4) is 0 Å². The number of amides is 3. The first-order valence-corrected chi connectivity index (χ1v) is 8.70. The predicted molar refractivity (Wildman–Crippen MR) is 103 cm³/mol. The van der Waals surface area contributed by atoms with Gasteiger partial charge in [-0.3, -0.25) is 19.3 Å². The van der Waals surface area contributed by atoms with E-state index in [2.05, 4.69) is 5.32 Å². The molecule has 1 heterocycles. The number of rotatable bonds is 5. The molecule has 28 heavy (non-hydrogen) atoms. The smallest absolute Gasteiger partial charge is 0.262 e. The molecule has 4 rings (SSSR count). The Morgan fingerprint density at radius 3 is 1.89 bits per heavy atom. The highest BCUT2D eigenvalue weighted by atomic mass is 16.5. The average molecular weight is 372 g/mol. The molecule has 0 aromatic heterocycles. The van der Waals surface area contributed by atoms with E-state index in [9.17, 15) is 14.4 Å². The summed E-state index contributed by atoms with van der Waals surface area (Å²) < 4.78 is 5.70. The highest BCUT2D eigenvalue weighted by Gasteiger charge is 2.36. The van der Waals surface area contributed by atoms with E-state index in [4.69, 9.17) is 4.74 Å². The molecule has 138 valence electrons. The number of imide groups is 1. The van der Waals surface area contributed by atoms with Gasteiger partial charge in [-0.05, 0) is 48.5 Å². The number of hydrogen-bond donors (Lipinski definition) is 1. The van der Waals surface area contributed by atoms with Gasteiger partial charge in [0.15, 0.2) is 0 Å². The lowest BCUT2D eigenvalue weighted by Gasteiger charge is -2.14. The molecule has 1 aliphatic rings. The molecule has 0 saturated carbocycles. The van der Waals surface area contributed by atoms with Crippen LogP contribution in [0.4, 0.5) is 5.69 Å². The highest BCUT2D eigenvalue weighted by molar-refractivity contribution is 6.22. The van der Waals surface area contributed by atoms with Crippen molar-refractivity contribution in [3.05, 3.63) is 90.0 Å². The Hall–Kier alpha value is -3.93. The lowest BCUT2D eigenvalue weighted by molar-refractivity contribution is -0.116. The van der Waals surface area contributed by atoms with E-state index in [0.717, 1.165) is 4.90 Å². The molecule has 3 aromatic carbocycles. The molecule has 0 saturated heterocycles. The summed E-state index contributed by atoms with van der Waals surface area (Å²) in [6, 6.07) is 22.7. The topological polar surface area (TPSA) is 75.7 Å². The van der Waals surface area contributed by atoms with Gasteiger partial charge in [-0.15, -0.1) is 0 Å². The fourth-order valence-electron chi connectivity index (χ4n) is 2.96. The third kappa shape index (κ3) is 3.48. The number of nitrogens with zero attached hydrogens (tertiary/aromatic N) is 1. The number of fused-ring (bicyclic) bond motifs is 1. The molecule has 0 atom stereocenters. The SMILES string of the molecule is O=C(CN1C(=O)c2ccccc2C1=O)Nc1ccc(Oc2ccccc2)cc1. The van der Waals surface area contributed by atoms with Crippen LogP contribution in [0.2, 0.25) is 0 Å². The van der Waals surface area contributed by atoms with Crippen molar-refractivity contribution in [2.24, 2.45) is 0 Å². The van der Waals surface area contributed by atoms with Gasteiger partial charge in [0.05, 0.1) is 11.1 Å². The van der Waals surface area contributed by atoms with E-state index in [0.29, 0.717) is 28.3 Å². The molecular formula is C22H16N2O4. The van der Waals surface area contributed by atoms with Crippen LogP contribution in [0, 0.1) is 0 Å². The van der Waals surface area contributed by atoms with Crippen LogP contribution >= 0.6 is 0 Å². The summed E-state index contributed by atoms with van der Waals surface area (Å²) in [5.74, 6) is -0.0228. The van der Waals surface area contributed by atoms with Crippen LogP contribution in [0.5, 0.6) is 11.5 Å². The second kappa shape index (κ2) is 7.36. The molecule has 3 aromatic rings. The zero-order chi connectivity index (χ0) is 19.5. The maximum atomic E-state index is 12.3. The van der Waals surface area contributed by atoms with E-state index in [1.54, 1.807) is 48.5 Å². The summed E-state index contributed by atoms with van der Waals surface area (Å²) in [5, 5.41) is 2.69. The van der Waals surface area contributed by atoms with E-state index in [-0.39, 0.29) is 6.54 Å². The van der Waals surface area contributed by atoms with Gasteiger partial charge in [0, 0.05) is 5.69 Å². The van der Waals surface area contributed by atoms with Crippen LogP contribution in [0.1, 0.15) is 20.7 Å². The predicted octanol–water partition coefficient (Wildman–Crippen LogP) is 3.71. The van der Waals surface area contributed by atoms with Gasteiger partial charge in [-0.25, -0.2) is 0 Å². The van der Waals surface area contributed by atoms with Gasteiger partial charge < -0.3 is 10.1 Å². The van der Waals surface area contributed by atoms with Gasteiger partial charge in [-0.2, -0.15) is 0 Å². The Bertz CT molecular complexity index is 1010. The molecule has 0 radical (unpaired) electrons. The fourth-order valence-corrected chi connectivity index (χ4v) is 2.96. The van der Waals surface area contributed by atoms with Crippen molar-refractivity contribution in [2.75, 3.05) is 11.9 Å². The van der Waals surface area contributed by atoms with Crippen molar-refractivity contribution < 1.29 is 19.1 Å². The van der Waals surface area contributed by atoms with Crippen molar-refractivity contribution in [3.8, 4) is 11.5 Å². The number of ether oxygens (including phenoxy) is 1. The molecule has 0 aliphatic carbocycles. The number of benzene rings is 3. The zero-order valence-corrected chi connectivity index (χ0v) is 14.8. The fraction of sp³-hybridized carbons (Fsp3) is 0.0455. The monoisotopic (exact) mass is 372 g/mol. The van der Waals surface area contributed by atoms with E-state index in [1.807, 2.05) is 30.3 Å². The first-order valence-electron chi connectivity index (χ1n) is 8.70. The van der Waals surface area contributed by atoms with Crippen molar-refractivity contribution in [1.29, 1.82) is 0 Å². The first-order chi connectivity index (χ1) is 13.6. The minimum atomic E-state index is -0.456. The Balaban J connectivity index is 1.38. The van der Waals surface area contributed by atoms with Crippen molar-refractivity contribution in [2.45, 2.75) is 0 Å². The second-order valence-corrected chi connectivity index (χ2v) is 6.23. The Kier molecular flexibility index (Phi) is 4.60. The number of para-hydroxylation sites is 1. The molecule has 3 amide bonds. The van der Waals surface area contributed by atoms with Crippen LogP contribution < -0.4 is 10.1 Å². The summed E-state index contributed by atoms with van der Waals surface area (Å²) in [4.78, 5) is 37.9. The van der Waals surface area contributed by atoms with E-state index in [1.165, 1.54) is 0 Å². The standard InChI is InChI=1S/C22H16N2O4/c25-20(14-24-21(26)18-8-4-5-9-19(18)22(24)27)23-15-10-12-17(13-11-15)28-16-6-2-1-3-7-16/h1-13H,14H2,(H,23,25). The molecule has 0 bridgehead atoms. The van der Waals surface area contributed by atoms with Gasteiger partial charge in [-0.1, -0.05) is 30.3 Å². The lowest BCUT2D eigenvalue weighted by atomic mass is 10.1. The Labute approximate surface area is 161 Å². The van der Waals surface area contributed by atoms with Crippen molar-refractivity contribution >= 4 is 23.4 Å². The van der Waals surface area contributed by atoms with Crippen LogP contribution in [-0.4, -0.2) is 29.2 Å². The minimum absolute atomic E-state index is 0.322. The van der Waals surface area contributed by atoms with Crippen molar-refractivity contribution in [1.82, 2.24) is 4.90 Å². The molecule has 1 N–H and O–H groups in total. The Morgan fingerprint density at radius 2 is 1.29 bits per heavy atom. The van der Waals surface area contributed by atoms with Crippen molar-refractivity contribution in [3.63, 3.8) is 0 Å². The average Bonchev–Trinajstić information content (AvgIpc) is 2.95. The highest BCUT2D eigenvalue weighted by Crippen LogP contribution is 2.24. The van der Waals surface area contributed by atoms with Gasteiger partial charge in [0.1, 0.15) is 18.0 Å². The van der Waals surface area contributed by atoms with Gasteiger partial charge in [0.25, 0.3) is 11.8 Å². The number of carbonyl (C=O) groups excluding carboxylic acids is 3. The first kappa shape index (κ1) is 17.5. The molecule has 6 heteroatoms. The zero-order valence-electron chi connectivity index (χ0n) is 14.8. The van der Waals surface area contributed by atoms with Gasteiger partial charge >= 0.3 is 0 Å². The van der Waals surface area contributed by atoms with Crippen LogP contribution in [0.15, 0.2) is 78.9 Å².